The van der Waals surface area contributed by atoms with Gasteiger partial charge < -0.3 is 10.6 Å². The molecule has 2 N–H and O–H groups in total. The van der Waals surface area contributed by atoms with Crippen LogP contribution in [0.15, 0.2) is 12.3 Å². The van der Waals surface area contributed by atoms with Gasteiger partial charge in [0.1, 0.15) is 0 Å². The summed E-state index contributed by atoms with van der Waals surface area (Å²) in [5, 5.41) is 6.82. The lowest BCUT2D eigenvalue weighted by atomic mass is 10.2. The van der Waals surface area contributed by atoms with Gasteiger partial charge >= 0.3 is 0 Å². The highest BCUT2D eigenvalue weighted by Crippen LogP contribution is 2.16. The van der Waals surface area contributed by atoms with Crippen molar-refractivity contribution < 1.29 is 4.79 Å². The molecule has 1 rings (SSSR count). The van der Waals surface area contributed by atoms with E-state index in [1.165, 1.54) is 0 Å². The average Bonchev–Trinajstić information content (AvgIpc) is 2.44. The predicted octanol–water partition coefficient (Wildman–Crippen LogP) is 3.08. The maximum absolute atomic E-state index is 12.2. The molecule has 0 radical (unpaired) electrons. The van der Waals surface area contributed by atoms with Gasteiger partial charge in [0.2, 0.25) is 0 Å². The normalized spacial score (nSPS) is 12.0. The number of amides is 1. The second-order valence-electron chi connectivity index (χ2n) is 4.89. The van der Waals surface area contributed by atoms with Crippen molar-refractivity contribution in [2.24, 2.45) is 0 Å². The number of rotatable bonds is 8. The molecule has 0 aliphatic rings. The maximum Gasteiger partial charge on any atom is 0.254 e. The third-order valence-corrected chi connectivity index (χ3v) is 4.13. The van der Waals surface area contributed by atoms with Crippen LogP contribution in [0.5, 0.6) is 0 Å². The summed E-state index contributed by atoms with van der Waals surface area (Å²) >= 11 is 1.81. The molecule has 5 heteroatoms. The van der Waals surface area contributed by atoms with E-state index in [2.05, 4.69) is 35.7 Å². The molecule has 0 aromatic carbocycles. The summed E-state index contributed by atoms with van der Waals surface area (Å²) in [6.07, 6.45) is 5.74. The number of aryl methyl sites for hydroxylation is 1. The van der Waals surface area contributed by atoms with Crippen molar-refractivity contribution in [3.05, 3.63) is 23.5 Å². The zero-order chi connectivity index (χ0) is 15.0. The highest BCUT2D eigenvalue weighted by Gasteiger charge is 2.12. The number of nitrogens with one attached hydrogen (secondary N) is 2. The van der Waals surface area contributed by atoms with E-state index in [-0.39, 0.29) is 5.91 Å². The Kier molecular flexibility index (Phi) is 7.44. The van der Waals surface area contributed by atoms with Crippen LogP contribution < -0.4 is 10.6 Å². The average molecular weight is 295 g/mol. The van der Waals surface area contributed by atoms with E-state index < -0.39 is 0 Å². The first-order valence-electron chi connectivity index (χ1n) is 7.10. The number of aromatic nitrogens is 1. The largest absolute Gasteiger partial charge is 0.384 e. The Bertz CT molecular complexity index is 437. The Labute approximate surface area is 126 Å². The van der Waals surface area contributed by atoms with Gasteiger partial charge in [-0.25, -0.2) is 0 Å². The quantitative estimate of drug-likeness (QED) is 0.774. The van der Waals surface area contributed by atoms with Gasteiger partial charge in [0.25, 0.3) is 5.91 Å². The first kappa shape index (κ1) is 16.8. The minimum absolute atomic E-state index is 0.0515. The summed E-state index contributed by atoms with van der Waals surface area (Å²) in [4.78, 5) is 16.4. The molecule has 4 nitrogen and oxygen atoms in total. The Morgan fingerprint density at radius 2 is 2.20 bits per heavy atom. The number of hydrogen-bond acceptors (Lipinski definition) is 4. The van der Waals surface area contributed by atoms with Crippen molar-refractivity contribution in [1.82, 2.24) is 10.3 Å². The van der Waals surface area contributed by atoms with Crippen LogP contribution in [0.3, 0.4) is 0 Å². The highest BCUT2D eigenvalue weighted by atomic mass is 32.2. The molecule has 0 spiro atoms. The van der Waals surface area contributed by atoms with Gasteiger partial charge in [-0.3, -0.25) is 9.78 Å². The van der Waals surface area contributed by atoms with Gasteiger partial charge in [-0.15, -0.1) is 0 Å². The van der Waals surface area contributed by atoms with E-state index in [4.69, 9.17) is 0 Å². The summed E-state index contributed by atoms with van der Waals surface area (Å²) in [7, 11) is 0. The van der Waals surface area contributed by atoms with Gasteiger partial charge in [-0.2, -0.15) is 11.8 Å². The summed E-state index contributed by atoms with van der Waals surface area (Å²) in [6.45, 7) is 7.75. The SMILES string of the molecule is CCCNc1cc(C)ncc1C(=O)NCCC(C)SC. The molecule has 0 aliphatic heterocycles. The van der Waals surface area contributed by atoms with Crippen LogP contribution in [0, 0.1) is 6.92 Å². The van der Waals surface area contributed by atoms with Crippen molar-refractivity contribution in [3.8, 4) is 0 Å². The zero-order valence-electron chi connectivity index (χ0n) is 12.8. The highest BCUT2D eigenvalue weighted by molar-refractivity contribution is 7.99. The molecule has 0 fully saturated rings. The lowest BCUT2D eigenvalue weighted by Gasteiger charge is -2.13. The molecule has 20 heavy (non-hydrogen) atoms. The number of thioether (sulfide) groups is 1. The van der Waals surface area contributed by atoms with Gasteiger partial charge in [-0.1, -0.05) is 13.8 Å². The van der Waals surface area contributed by atoms with Crippen LogP contribution in [-0.4, -0.2) is 35.5 Å². The fourth-order valence-electron chi connectivity index (χ4n) is 1.75. The van der Waals surface area contributed by atoms with Crippen LogP contribution in [-0.2, 0) is 0 Å². The van der Waals surface area contributed by atoms with Crippen molar-refractivity contribution in [1.29, 1.82) is 0 Å². The molecule has 0 bridgehead atoms. The fourth-order valence-corrected chi connectivity index (χ4v) is 2.10. The number of carbonyl (C=O) groups excluding carboxylic acids is 1. The Morgan fingerprint density at radius 1 is 1.45 bits per heavy atom. The van der Waals surface area contributed by atoms with Gasteiger partial charge in [0.05, 0.1) is 11.3 Å². The lowest BCUT2D eigenvalue weighted by Crippen LogP contribution is -2.27. The smallest absolute Gasteiger partial charge is 0.254 e. The maximum atomic E-state index is 12.2. The third kappa shape index (κ3) is 5.41. The molecule has 0 saturated heterocycles. The monoisotopic (exact) mass is 295 g/mol. The number of nitrogens with zero attached hydrogens (tertiary/aromatic N) is 1. The van der Waals surface area contributed by atoms with E-state index >= 15 is 0 Å². The predicted molar refractivity (Wildman–Crippen MR) is 87.7 cm³/mol. The first-order valence-corrected chi connectivity index (χ1v) is 8.38. The third-order valence-electron chi connectivity index (χ3n) is 3.09. The molecular formula is C15H25N3OS. The number of pyridine rings is 1. The summed E-state index contributed by atoms with van der Waals surface area (Å²) < 4.78 is 0. The van der Waals surface area contributed by atoms with Gasteiger partial charge in [0, 0.05) is 30.2 Å². The molecule has 0 aliphatic carbocycles. The zero-order valence-corrected chi connectivity index (χ0v) is 13.6. The summed E-state index contributed by atoms with van der Waals surface area (Å²) in [5.41, 5.74) is 2.41. The van der Waals surface area contributed by atoms with Crippen LogP contribution in [0.1, 0.15) is 42.7 Å². The van der Waals surface area contributed by atoms with Crippen LogP contribution in [0.4, 0.5) is 5.69 Å². The molecule has 1 unspecified atom stereocenters. The molecule has 1 amide bonds. The Balaban J connectivity index is 2.66. The molecule has 1 aromatic rings. The van der Waals surface area contributed by atoms with E-state index in [0.29, 0.717) is 17.4 Å². The minimum Gasteiger partial charge on any atom is -0.384 e. The van der Waals surface area contributed by atoms with Crippen molar-refractivity contribution in [2.45, 2.75) is 38.9 Å². The second-order valence-corrected chi connectivity index (χ2v) is 6.17. The summed E-state index contributed by atoms with van der Waals surface area (Å²) in [5.74, 6) is -0.0515. The number of anilines is 1. The fraction of sp³-hybridized carbons (Fsp3) is 0.600. The molecule has 1 heterocycles. The van der Waals surface area contributed by atoms with E-state index in [0.717, 1.165) is 30.8 Å². The van der Waals surface area contributed by atoms with E-state index in [9.17, 15) is 4.79 Å². The van der Waals surface area contributed by atoms with E-state index in [1.807, 2.05) is 24.8 Å². The van der Waals surface area contributed by atoms with Gasteiger partial charge in [-0.05, 0) is 32.1 Å². The van der Waals surface area contributed by atoms with Crippen molar-refractivity contribution in [3.63, 3.8) is 0 Å². The van der Waals surface area contributed by atoms with E-state index in [1.54, 1.807) is 6.20 Å². The second kappa shape index (κ2) is 8.84. The van der Waals surface area contributed by atoms with Crippen molar-refractivity contribution >= 4 is 23.4 Å². The van der Waals surface area contributed by atoms with Crippen LogP contribution in [0.25, 0.3) is 0 Å². The molecular weight excluding hydrogens is 270 g/mol. The number of carbonyl (C=O) groups is 1. The first-order chi connectivity index (χ1) is 9.58. The topological polar surface area (TPSA) is 54.0 Å². The minimum atomic E-state index is -0.0515. The van der Waals surface area contributed by atoms with Crippen LogP contribution in [0.2, 0.25) is 0 Å². The molecule has 0 saturated carbocycles. The van der Waals surface area contributed by atoms with Crippen LogP contribution >= 0.6 is 11.8 Å². The summed E-state index contributed by atoms with van der Waals surface area (Å²) in [6, 6.07) is 1.93. The molecule has 112 valence electrons. The van der Waals surface area contributed by atoms with Gasteiger partial charge in [0.15, 0.2) is 0 Å². The standard InChI is InChI=1S/C15H25N3OS/c1-5-7-16-14-9-11(2)18-10-13(14)15(19)17-8-6-12(3)20-4/h9-10,12H,5-8H2,1-4H3,(H,16,18)(H,17,19). The van der Waals surface area contributed by atoms with Crippen molar-refractivity contribution in [2.75, 3.05) is 24.7 Å². The lowest BCUT2D eigenvalue weighted by molar-refractivity contribution is 0.0954. The number of hydrogen-bond donors (Lipinski definition) is 2. The molecule has 1 atom stereocenters. The Morgan fingerprint density at radius 3 is 2.85 bits per heavy atom. The molecule has 1 aromatic heterocycles. The Hall–Kier alpha value is -1.23.